The average Bonchev–Trinajstić information content (AvgIpc) is 3.20. The molecule has 0 saturated heterocycles. The SMILES string of the molecule is CC(=O)N[C@@H](CSC(c1ccccc1)(c1ccccc1)c1ccccc1)C(=O)NCCSC(c1ccccc1)(c1ccccc1)c1ccccc1. The highest BCUT2D eigenvalue weighted by Crippen LogP contribution is 2.49. The summed E-state index contributed by atoms with van der Waals surface area (Å²) in [7, 11) is 0. The highest BCUT2D eigenvalue weighted by atomic mass is 32.2. The van der Waals surface area contributed by atoms with E-state index in [4.69, 9.17) is 0 Å². The largest absolute Gasteiger partial charge is 0.353 e. The van der Waals surface area contributed by atoms with Crippen LogP contribution in [0.4, 0.5) is 0 Å². The van der Waals surface area contributed by atoms with Crippen LogP contribution in [0.15, 0.2) is 182 Å². The smallest absolute Gasteiger partial charge is 0.243 e. The summed E-state index contributed by atoms with van der Waals surface area (Å²) in [6.45, 7) is 1.90. The maximum absolute atomic E-state index is 14.0. The third-order valence-corrected chi connectivity index (χ3v) is 12.2. The van der Waals surface area contributed by atoms with Gasteiger partial charge in [0, 0.05) is 25.0 Å². The van der Waals surface area contributed by atoms with E-state index < -0.39 is 15.5 Å². The van der Waals surface area contributed by atoms with E-state index in [0.717, 1.165) is 16.7 Å². The summed E-state index contributed by atoms with van der Waals surface area (Å²) < 4.78 is -1.10. The van der Waals surface area contributed by atoms with Crippen LogP contribution in [0.25, 0.3) is 0 Å². The molecule has 2 N–H and O–H groups in total. The van der Waals surface area contributed by atoms with Gasteiger partial charge in [-0.05, 0) is 33.4 Å². The first-order chi connectivity index (χ1) is 25.0. The van der Waals surface area contributed by atoms with Gasteiger partial charge < -0.3 is 10.6 Å². The fourth-order valence-corrected chi connectivity index (χ4v) is 9.65. The maximum atomic E-state index is 14.0. The molecule has 0 saturated carbocycles. The number of thioether (sulfide) groups is 2. The molecule has 6 aromatic rings. The summed E-state index contributed by atoms with van der Waals surface area (Å²) in [5.41, 5.74) is 6.82. The van der Waals surface area contributed by atoms with E-state index in [0.29, 0.717) is 18.1 Å². The van der Waals surface area contributed by atoms with Gasteiger partial charge in [-0.3, -0.25) is 9.59 Å². The molecule has 256 valence electrons. The molecule has 1 atom stereocenters. The molecule has 2 amide bonds. The maximum Gasteiger partial charge on any atom is 0.243 e. The van der Waals surface area contributed by atoms with E-state index in [1.807, 2.05) is 72.8 Å². The van der Waals surface area contributed by atoms with Gasteiger partial charge in [0.1, 0.15) is 6.04 Å². The molecule has 51 heavy (non-hydrogen) atoms. The predicted molar refractivity (Wildman–Crippen MR) is 214 cm³/mol. The summed E-state index contributed by atoms with van der Waals surface area (Å²) in [5, 5.41) is 6.15. The minimum atomic E-state index is -0.741. The molecule has 0 aliphatic carbocycles. The molecule has 0 aromatic heterocycles. The number of hydrogen-bond donors (Lipinski definition) is 2. The van der Waals surface area contributed by atoms with Gasteiger partial charge in [-0.2, -0.15) is 0 Å². The molecule has 4 nitrogen and oxygen atoms in total. The first-order valence-electron chi connectivity index (χ1n) is 17.2. The molecule has 0 bridgehead atoms. The van der Waals surface area contributed by atoms with Crippen LogP contribution < -0.4 is 10.6 Å². The van der Waals surface area contributed by atoms with Crippen LogP contribution in [-0.4, -0.2) is 35.9 Å². The van der Waals surface area contributed by atoms with Gasteiger partial charge in [-0.15, -0.1) is 23.5 Å². The zero-order valence-electron chi connectivity index (χ0n) is 28.7. The normalized spacial score (nSPS) is 12.1. The Labute approximate surface area is 310 Å². The molecule has 0 fully saturated rings. The van der Waals surface area contributed by atoms with Crippen LogP contribution in [-0.2, 0) is 19.1 Å². The first-order valence-corrected chi connectivity index (χ1v) is 19.2. The topological polar surface area (TPSA) is 58.2 Å². The monoisotopic (exact) mass is 706 g/mol. The van der Waals surface area contributed by atoms with E-state index in [-0.39, 0.29) is 11.8 Å². The summed E-state index contributed by atoms with van der Waals surface area (Å²) in [4.78, 5) is 26.5. The van der Waals surface area contributed by atoms with E-state index in [1.165, 1.54) is 23.6 Å². The van der Waals surface area contributed by atoms with Gasteiger partial charge >= 0.3 is 0 Å². The van der Waals surface area contributed by atoms with Gasteiger partial charge in [0.15, 0.2) is 0 Å². The van der Waals surface area contributed by atoms with Crippen molar-refractivity contribution in [3.63, 3.8) is 0 Å². The van der Waals surface area contributed by atoms with Crippen LogP contribution >= 0.6 is 23.5 Å². The third kappa shape index (κ3) is 8.14. The van der Waals surface area contributed by atoms with Crippen molar-refractivity contribution in [2.75, 3.05) is 18.1 Å². The molecule has 0 heterocycles. The molecule has 0 aliphatic heterocycles. The second-order valence-corrected chi connectivity index (χ2v) is 14.8. The van der Waals surface area contributed by atoms with Crippen LogP contribution in [0.1, 0.15) is 40.3 Å². The Morgan fingerprint density at radius 3 is 1.08 bits per heavy atom. The Hall–Kier alpha value is -5.04. The number of carbonyl (C=O) groups excluding carboxylic acids is 2. The van der Waals surface area contributed by atoms with Crippen molar-refractivity contribution in [3.05, 3.63) is 215 Å². The lowest BCUT2D eigenvalue weighted by Crippen LogP contribution is -2.49. The third-order valence-electron chi connectivity index (χ3n) is 8.96. The Bertz CT molecular complexity index is 1770. The number of rotatable bonds is 15. The fourth-order valence-electron chi connectivity index (χ4n) is 6.68. The molecule has 6 rings (SSSR count). The highest BCUT2D eigenvalue weighted by Gasteiger charge is 2.39. The Balaban J connectivity index is 1.25. The fraction of sp³-hybridized carbons (Fsp3) is 0.156. The first kappa shape index (κ1) is 35.8. The highest BCUT2D eigenvalue weighted by molar-refractivity contribution is 8.01. The molecule has 0 aliphatic rings. The van der Waals surface area contributed by atoms with Crippen LogP contribution in [0.2, 0.25) is 0 Å². The summed E-state index contributed by atoms with van der Waals surface area (Å²) in [5.74, 6) is 0.559. The summed E-state index contributed by atoms with van der Waals surface area (Å²) in [6.07, 6.45) is 0. The number of hydrogen-bond acceptors (Lipinski definition) is 4. The van der Waals surface area contributed by atoms with Gasteiger partial charge in [-0.25, -0.2) is 0 Å². The van der Waals surface area contributed by atoms with Gasteiger partial charge in [0.2, 0.25) is 11.8 Å². The lowest BCUT2D eigenvalue weighted by molar-refractivity contribution is -0.127. The predicted octanol–water partition coefficient (Wildman–Crippen LogP) is 9.06. The second-order valence-electron chi connectivity index (χ2n) is 12.3. The van der Waals surface area contributed by atoms with Crippen molar-refractivity contribution < 1.29 is 9.59 Å². The van der Waals surface area contributed by atoms with Crippen LogP contribution in [0.3, 0.4) is 0 Å². The molecular weight excluding hydrogens is 665 g/mol. The van der Waals surface area contributed by atoms with Crippen molar-refractivity contribution in [2.24, 2.45) is 0 Å². The van der Waals surface area contributed by atoms with Crippen molar-refractivity contribution in [3.8, 4) is 0 Å². The number of amides is 2. The quantitative estimate of drug-likeness (QED) is 0.0827. The van der Waals surface area contributed by atoms with Gasteiger partial charge in [0.25, 0.3) is 0 Å². The van der Waals surface area contributed by atoms with Crippen molar-refractivity contribution >= 4 is 35.3 Å². The zero-order valence-corrected chi connectivity index (χ0v) is 30.3. The molecule has 0 unspecified atom stereocenters. The standard InChI is InChI=1S/C45H42N2O2S2/c1-35(48)47-42(34-51-45(39-26-14-5-15-27-39,40-28-16-6-17-29-40)41-30-18-7-19-31-41)43(49)46-32-33-50-44(36-20-8-2-9-21-36,37-22-10-3-11-23-37)38-24-12-4-13-25-38/h2-31,42H,32-34H2,1H3,(H,46,49)(H,47,48)/t42-/m0/s1. The lowest BCUT2D eigenvalue weighted by atomic mass is 9.84. The Morgan fingerprint density at radius 1 is 0.490 bits per heavy atom. The Kier molecular flexibility index (Phi) is 12.1. The summed E-state index contributed by atoms with van der Waals surface area (Å²) >= 11 is 3.46. The second kappa shape index (κ2) is 17.3. The van der Waals surface area contributed by atoms with Gasteiger partial charge in [0.05, 0.1) is 9.49 Å². The van der Waals surface area contributed by atoms with Crippen molar-refractivity contribution in [1.82, 2.24) is 10.6 Å². The van der Waals surface area contributed by atoms with Crippen LogP contribution in [0, 0.1) is 0 Å². The average molecular weight is 707 g/mol. The van der Waals surface area contributed by atoms with E-state index >= 15 is 0 Å². The lowest BCUT2D eigenvalue weighted by Gasteiger charge is -2.36. The van der Waals surface area contributed by atoms with Crippen molar-refractivity contribution in [1.29, 1.82) is 0 Å². The van der Waals surface area contributed by atoms with Crippen molar-refractivity contribution in [2.45, 2.75) is 22.5 Å². The minimum absolute atomic E-state index is 0.203. The molecule has 0 spiro atoms. The summed E-state index contributed by atoms with van der Waals surface area (Å²) in [6, 6.07) is 62.0. The molecular formula is C45H42N2O2S2. The Morgan fingerprint density at radius 2 is 0.784 bits per heavy atom. The van der Waals surface area contributed by atoms with Gasteiger partial charge in [-0.1, -0.05) is 182 Å². The zero-order chi connectivity index (χ0) is 35.4. The molecule has 6 aromatic carbocycles. The number of carbonyl (C=O) groups is 2. The minimum Gasteiger partial charge on any atom is -0.353 e. The molecule has 6 heteroatoms. The van der Waals surface area contributed by atoms with E-state index in [1.54, 1.807) is 23.5 Å². The number of benzene rings is 6. The number of nitrogens with one attached hydrogen (secondary N) is 2. The molecule has 0 radical (unpaired) electrons. The van der Waals surface area contributed by atoms with Crippen LogP contribution in [0.5, 0.6) is 0 Å². The van der Waals surface area contributed by atoms with E-state index in [2.05, 4.69) is 120 Å². The van der Waals surface area contributed by atoms with E-state index in [9.17, 15) is 9.59 Å².